The molecule has 2 rings (SSSR count). The molecule has 2 unspecified atom stereocenters. The molecule has 2 N–H and O–H groups in total. The van der Waals surface area contributed by atoms with Crippen molar-refractivity contribution in [1.82, 2.24) is 5.32 Å². The van der Waals surface area contributed by atoms with E-state index >= 15 is 0 Å². The van der Waals surface area contributed by atoms with E-state index in [0.717, 1.165) is 38.5 Å². The van der Waals surface area contributed by atoms with E-state index in [9.17, 15) is 5.11 Å². The van der Waals surface area contributed by atoms with Crippen molar-refractivity contribution in [2.45, 2.75) is 63.0 Å². The van der Waals surface area contributed by atoms with Gasteiger partial charge in [-0.1, -0.05) is 25.7 Å². The minimum Gasteiger partial charge on any atom is -0.389 e. The second-order valence-electron chi connectivity index (χ2n) is 5.44. The van der Waals surface area contributed by atoms with Crippen LogP contribution in [0.1, 0.15) is 51.4 Å². The van der Waals surface area contributed by atoms with Crippen molar-refractivity contribution in [3.63, 3.8) is 0 Å². The predicted octanol–water partition coefficient (Wildman–Crippen LogP) is 1.96. The van der Waals surface area contributed by atoms with Gasteiger partial charge in [0.1, 0.15) is 0 Å². The average Bonchev–Trinajstić information content (AvgIpc) is 2.74. The fraction of sp³-hybridized carbons (Fsp3) is 0.923. The lowest BCUT2D eigenvalue weighted by atomic mass is 9.85. The Hall–Kier alpha value is -0.590. The second-order valence-corrected chi connectivity index (χ2v) is 5.44. The summed E-state index contributed by atoms with van der Waals surface area (Å²) in [6, 6.07) is 2.71. The summed E-state index contributed by atoms with van der Waals surface area (Å²) in [5.41, 5.74) is -0.489. The smallest absolute Gasteiger partial charge is 0.0771 e. The van der Waals surface area contributed by atoms with Gasteiger partial charge >= 0.3 is 0 Å². The van der Waals surface area contributed by atoms with Crippen molar-refractivity contribution in [2.75, 3.05) is 6.54 Å². The number of nitrogens with one attached hydrogen (secondary N) is 1. The Kier molecular flexibility index (Phi) is 3.83. The van der Waals surface area contributed by atoms with Gasteiger partial charge in [0.25, 0.3) is 0 Å². The van der Waals surface area contributed by atoms with Crippen LogP contribution in [0.3, 0.4) is 0 Å². The molecule has 3 nitrogen and oxygen atoms in total. The van der Waals surface area contributed by atoms with E-state index in [4.69, 9.17) is 5.26 Å². The molecule has 0 bridgehead atoms. The molecule has 2 aliphatic carbocycles. The van der Waals surface area contributed by atoms with Gasteiger partial charge in [-0.25, -0.2) is 0 Å². The summed E-state index contributed by atoms with van der Waals surface area (Å²) in [5, 5.41) is 22.7. The quantitative estimate of drug-likeness (QED) is 0.767. The van der Waals surface area contributed by atoms with E-state index < -0.39 is 5.60 Å². The average molecular weight is 222 g/mol. The molecule has 2 fully saturated rings. The molecule has 0 heterocycles. The van der Waals surface area contributed by atoms with Crippen LogP contribution in [0.5, 0.6) is 0 Å². The van der Waals surface area contributed by atoms with Crippen LogP contribution in [0.4, 0.5) is 0 Å². The normalized spacial score (nSPS) is 33.5. The third kappa shape index (κ3) is 2.75. The summed E-state index contributed by atoms with van der Waals surface area (Å²) >= 11 is 0. The lowest BCUT2D eigenvalue weighted by Gasteiger charge is -2.31. The molecule has 0 amide bonds. The van der Waals surface area contributed by atoms with Crippen LogP contribution in [0, 0.1) is 17.2 Å². The molecule has 0 radical (unpaired) electrons. The minimum atomic E-state index is -0.489. The van der Waals surface area contributed by atoms with Crippen molar-refractivity contribution < 1.29 is 5.11 Å². The van der Waals surface area contributed by atoms with Crippen LogP contribution in [-0.4, -0.2) is 23.3 Å². The molecule has 0 aromatic rings. The van der Waals surface area contributed by atoms with Crippen molar-refractivity contribution in [1.29, 1.82) is 5.26 Å². The van der Waals surface area contributed by atoms with Gasteiger partial charge in [0.2, 0.25) is 0 Å². The zero-order chi connectivity index (χ0) is 11.4. The number of rotatable bonds is 3. The van der Waals surface area contributed by atoms with E-state index in [1.54, 1.807) is 0 Å². The van der Waals surface area contributed by atoms with E-state index in [1.807, 2.05) is 0 Å². The van der Waals surface area contributed by atoms with Crippen molar-refractivity contribution >= 4 is 0 Å². The monoisotopic (exact) mass is 222 g/mol. The van der Waals surface area contributed by atoms with Crippen LogP contribution in [0.2, 0.25) is 0 Å². The zero-order valence-electron chi connectivity index (χ0n) is 9.91. The Bertz CT molecular complexity index is 266. The molecule has 0 saturated heterocycles. The maximum Gasteiger partial charge on any atom is 0.0771 e. The van der Waals surface area contributed by atoms with Crippen LogP contribution in [0.25, 0.3) is 0 Å². The molecule has 3 heteroatoms. The fourth-order valence-electron chi connectivity index (χ4n) is 3.06. The Balaban J connectivity index is 1.82. The van der Waals surface area contributed by atoms with Crippen molar-refractivity contribution in [3.8, 4) is 6.07 Å². The summed E-state index contributed by atoms with van der Waals surface area (Å²) in [7, 11) is 0. The van der Waals surface area contributed by atoms with Gasteiger partial charge in [-0.2, -0.15) is 5.26 Å². The molecule has 0 aromatic heterocycles. The topological polar surface area (TPSA) is 56.0 Å². The summed E-state index contributed by atoms with van der Waals surface area (Å²) < 4.78 is 0. The lowest BCUT2D eigenvalue weighted by molar-refractivity contribution is 0.0419. The van der Waals surface area contributed by atoms with Gasteiger partial charge in [0.05, 0.1) is 17.6 Å². The maximum absolute atomic E-state index is 10.2. The number of nitrogens with zero attached hydrogens (tertiary/aromatic N) is 1. The number of hydrogen-bond donors (Lipinski definition) is 2. The summed E-state index contributed by atoms with van der Waals surface area (Å²) in [6.07, 6.45) is 8.64. The van der Waals surface area contributed by atoms with Gasteiger partial charge in [0.15, 0.2) is 0 Å². The SMILES string of the molecule is N#CC1CCCCC1NCC1(O)CCCC1. The van der Waals surface area contributed by atoms with Crippen molar-refractivity contribution in [3.05, 3.63) is 0 Å². The molecule has 0 spiro atoms. The zero-order valence-corrected chi connectivity index (χ0v) is 9.91. The van der Waals surface area contributed by atoms with Gasteiger partial charge in [-0.3, -0.25) is 0 Å². The highest BCUT2D eigenvalue weighted by molar-refractivity contribution is 4.96. The molecule has 2 aliphatic rings. The summed E-state index contributed by atoms with van der Waals surface area (Å²) in [6.45, 7) is 0.676. The minimum absolute atomic E-state index is 0.152. The van der Waals surface area contributed by atoms with Crippen LogP contribution in [-0.2, 0) is 0 Å². The van der Waals surface area contributed by atoms with E-state index in [0.29, 0.717) is 12.6 Å². The van der Waals surface area contributed by atoms with Gasteiger partial charge < -0.3 is 10.4 Å². The van der Waals surface area contributed by atoms with Gasteiger partial charge in [-0.05, 0) is 25.7 Å². The first-order chi connectivity index (χ1) is 7.73. The number of nitriles is 1. The van der Waals surface area contributed by atoms with E-state index in [1.165, 1.54) is 12.8 Å². The Morgan fingerprint density at radius 2 is 1.88 bits per heavy atom. The highest BCUT2D eigenvalue weighted by atomic mass is 16.3. The first kappa shape index (κ1) is 11.9. The first-order valence-corrected chi connectivity index (χ1v) is 6.59. The van der Waals surface area contributed by atoms with Crippen LogP contribution >= 0.6 is 0 Å². The highest BCUT2D eigenvalue weighted by Crippen LogP contribution is 2.30. The maximum atomic E-state index is 10.2. The van der Waals surface area contributed by atoms with Gasteiger partial charge in [-0.15, -0.1) is 0 Å². The Labute approximate surface area is 97.8 Å². The summed E-state index contributed by atoms with van der Waals surface area (Å²) in [4.78, 5) is 0. The Morgan fingerprint density at radius 1 is 1.19 bits per heavy atom. The predicted molar refractivity (Wildman–Crippen MR) is 62.8 cm³/mol. The molecular weight excluding hydrogens is 200 g/mol. The Morgan fingerprint density at radius 3 is 2.56 bits per heavy atom. The molecule has 2 saturated carbocycles. The molecule has 16 heavy (non-hydrogen) atoms. The molecular formula is C13H22N2O. The molecule has 0 aliphatic heterocycles. The first-order valence-electron chi connectivity index (χ1n) is 6.59. The largest absolute Gasteiger partial charge is 0.389 e. The number of hydrogen-bond acceptors (Lipinski definition) is 3. The number of aliphatic hydroxyl groups is 1. The lowest BCUT2D eigenvalue weighted by Crippen LogP contribution is -2.46. The van der Waals surface area contributed by atoms with Crippen LogP contribution in [0.15, 0.2) is 0 Å². The third-order valence-electron chi connectivity index (χ3n) is 4.16. The standard InChI is InChI=1S/C13H22N2O/c14-9-11-5-1-2-6-12(11)15-10-13(16)7-3-4-8-13/h11-12,15-16H,1-8,10H2. The van der Waals surface area contributed by atoms with Gasteiger partial charge in [0, 0.05) is 12.6 Å². The van der Waals surface area contributed by atoms with E-state index in [2.05, 4.69) is 11.4 Å². The summed E-state index contributed by atoms with van der Waals surface area (Å²) in [5.74, 6) is 0.152. The van der Waals surface area contributed by atoms with Crippen LogP contribution < -0.4 is 5.32 Å². The van der Waals surface area contributed by atoms with E-state index in [-0.39, 0.29) is 5.92 Å². The second kappa shape index (κ2) is 5.16. The molecule has 0 aromatic carbocycles. The third-order valence-corrected chi connectivity index (χ3v) is 4.16. The van der Waals surface area contributed by atoms with Crippen molar-refractivity contribution in [2.24, 2.45) is 5.92 Å². The fourth-order valence-corrected chi connectivity index (χ4v) is 3.06. The molecule has 90 valence electrons. The molecule has 2 atom stereocenters. The highest BCUT2D eigenvalue weighted by Gasteiger charge is 2.33.